The average molecular weight is 287 g/mol. The number of rotatable bonds is 3. The van der Waals surface area contributed by atoms with Crippen molar-refractivity contribution in [1.29, 1.82) is 0 Å². The smallest absolute Gasteiger partial charge is 0.189 e. The number of benzene rings is 1. The Kier molecular flexibility index (Phi) is 3.89. The van der Waals surface area contributed by atoms with Crippen LogP contribution in [0.15, 0.2) is 35.6 Å². The van der Waals surface area contributed by atoms with Crippen molar-refractivity contribution in [3.63, 3.8) is 0 Å². The van der Waals surface area contributed by atoms with E-state index in [9.17, 15) is 5.11 Å². The normalized spacial score (nSPS) is 14.2. The lowest BCUT2D eigenvalue weighted by Gasteiger charge is -2.31. The summed E-state index contributed by atoms with van der Waals surface area (Å²) < 4.78 is 0. The molecule has 1 aromatic carbocycles. The molecule has 0 radical (unpaired) electrons. The Labute approximate surface area is 122 Å². The average Bonchev–Trinajstić information content (AvgIpc) is 2.53. The van der Waals surface area contributed by atoms with Gasteiger partial charge in [-0.25, -0.2) is 9.97 Å². The highest BCUT2D eigenvalue weighted by Crippen LogP contribution is 2.26. The van der Waals surface area contributed by atoms with Gasteiger partial charge in [0.25, 0.3) is 0 Å². The SMILES string of the molecule is CSc1ncc(CO)c(N2CCc3ccccc3C2)n1. The molecule has 0 bridgehead atoms. The molecule has 0 unspecified atom stereocenters. The zero-order valence-corrected chi connectivity index (χ0v) is 12.2. The second-order valence-corrected chi connectivity index (χ2v) is 5.58. The largest absolute Gasteiger partial charge is 0.391 e. The Morgan fingerprint density at radius 2 is 2.10 bits per heavy atom. The van der Waals surface area contributed by atoms with Crippen molar-refractivity contribution in [3.8, 4) is 0 Å². The van der Waals surface area contributed by atoms with Gasteiger partial charge >= 0.3 is 0 Å². The van der Waals surface area contributed by atoms with Gasteiger partial charge in [-0.05, 0) is 23.8 Å². The Balaban J connectivity index is 1.94. The summed E-state index contributed by atoms with van der Waals surface area (Å²) in [4.78, 5) is 11.0. The molecule has 1 N–H and O–H groups in total. The minimum Gasteiger partial charge on any atom is -0.391 e. The van der Waals surface area contributed by atoms with Crippen LogP contribution in [-0.4, -0.2) is 27.9 Å². The summed E-state index contributed by atoms with van der Waals surface area (Å²) in [5, 5.41) is 10.2. The van der Waals surface area contributed by atoms with Gasteiger partial charge in [0, 0.05) is 24.8 Å². The molecule has 0 amide bonds. The van der Waals surface area contributed by atoms with Crippen LogP contribution in [0.4, 0.5) is 5.82 Å². The number of aliphatic hydroxyl groups is 1. The molecule has 0 saturated carbocycles. The van der Waals surface area contributed by atoms with Crippen molar-refractivity contribution in [2.24, 2.45) is 0 Å². The highest BCUT2D eigenvalue weighted by molar-refractivity contribution is 7.98. The van der Waals surface area contributed by atoms with E-state index in [-0.39, 0.29) is 6.61 Å². The van der Waals surface area contributed by atoms with Crippen LogP contribution in [0.1, 0.15) is 16.7 Å². The molecular formula is C15H17N3OS. The molecule has 0 fully saturated rings. The number of hydrogen-bond acceptors (Lipinski definition) is 5. The zero-order valence-electron chi connectivity index (χ0n) is 11.4. The van der Waals surface area contributed by atoms with Gasteiger partial charge in [-0.1, -0.05) is 36.0 Å². The fraction of sp³-hybridized carbons (Fsp3) is 0.333. The van der Waals surface area contributed by atoms with E-state index >= 15 is 0 Å². The van der Waals surface area contributed by atoms with Gasteiger partial charge in [0.05, 0.1) is 6.61 Å². The molecule has 0 saturated heterocycles. The van der Waals surface area contributed by atoms with Gasteiger partial charge in [-0.3, -0.25) is 0 Å². The number of hydrogen-bond donors (Lipinski definition) is 1. The summed E-state index contributed by atoms with van der Waals surface area (Å²) in [5.74, 6) is 0.862. The molecule has 1 aromatic heterocycles. The molecule has 0 atom stereocenters. The van der Waals surface area contributed by atoms with Gasteiger partial charge in [0.1, 0.15) is 5.82 Å². The standard InChI is InChI=1S/C15H17N3OS/c1-20-15-16-8-13(10-19)14(17-15)18-7-6-11-4-2-3-5-12(11)9-18/h2-5,8,19H,6-7,9-10H2,1H3. The van der Waals surface area contributed by atoms with Crippen molar-refractivity contribution in [2.45, 2.75) is 24.7 Å². The molecule has 0 spiro atoms. The van der Waals surface area contributed by atoms with Crippen LogP contribution in [-0.2, 0) is 19.6 Å². The number of fused-ring (bicyclic) bond motifs is 1. The molecule has 20 heavy (non-hydrogen) atoms. The minimum absolute atomic E-state index is 0.0257. The van der Waals surface area contributed by atoms with Gasteiger partial charge in [-0.15, -0.1) is 0 Å². The van der Waals surface area contributed by atoms with E-state index < -0.39 is 0 Å². The molecule has 3 rings (SSSR count). The van der Waals surface area contributed by atoms with Crippen LogP contribution >= 0.6 is 11.8 Å². The summed E-state index contributed by atoms with van der Waals surface area (Å²) in [6.07, 6.45) is 4.71. The first-order valence-electron chi connectivity index (χ1n) is 6.64. The van der Waals surface area contributed by atoms with Crippen LogP contribution in [0.25, 0.3) is 0 Å². The number of anilines is 1. The molecule has 5 heteroatoms. The Hall–Kier alpha value is -1.59. The van der Waals surface area contributed by atoms with Crippen molar-refractivity contribution in [3.05, 3.63) is 47.2 Å². The minimum atomic E-state index is -0.0257. The van der Waals surface area contributed by atoms with Crippen LogP contribution in [0.2, 0.25) is 0 Å². The first-order chi connectivity index (χ1) is 9.81. The second-order valence-electron chi connectivity index (χ2n) is 4.80. The third kappa shape index (κ3) is 2.51. The summed E-state index contributed by atoms with van der Waals surface area (Å²) in [6, 6.07) is 8.51. The van der Waals surface area contributed by atoms with Gasteiger partial charge < -0.3 is 10.0 Å². The summed E-state index contributed by atoms with van der Waals surface area (Å²) in [7, 11) is 0. The van der Waals surface area contributed by atoms with Crippen molar-refractivity contribution < 1.29 is 5.11 Å². The third-order valence-corrected chi connectivity index (χ3v) is 4.16. The van der Waals surface area contributed by atoms with E-state index in [0.29, 0.717) is 0 Å². The molecule has 0 aliphatic carbocycles. The Morgan fingerprint density at radius 1 is 1.30 bits per heavy atom. The number of thioether (sulfide) groups is 1. The fourth-order valence-electron chi connectivity index (χ4n) is 2.54. The molecular weight excluding hydrogens is 270 g/mol. The van der Waals surface area contributed by atoms with E-state index in [1.807, 2.05) is 6.26 Å². The molecule has 1 aliphatic rings. The maximum atomic E-state index is 9.49. The lowest BCUT2D eigenvalue weighted by Crippen LogP contribution is -2.32. The molecule has 104 valence electrons. The Morgan fingerprint density at radius 3 is 2.85 bits per heavy atom. The van der Waals surface area contributed by atoms with E-state index in [1.165, 1.54) is 22.9 Å². The highest BCUT2D eigenvalue weighted by Gasteiger charge is 2.20. The third-order valence-electron chi connectivity index (χ3n) is 3.60. The quantitative estimate of drug-likeness (QED) is 0.693. The monoisotopic (exact) mass is 287 g/mol. The van der Waals surface area contributed by atoms with Crippen molar-refractivity contribution in [2.75, 3.05) is 17.7 Å². The summed E-state index contributed by atoms with van der Waals surface area (Å²) >= 11 is 1.52. The fourth-order valence-corrected chi connectivity index (χ4v) is 2.88. The van der Waals surface area contributed by atoms with E-state index in [0.717, 1.165) is 36.0 Å². The maximum Gasteiger partial charge on any atom is 0.189 e. The van der Waals surface area contributed by atoms with Crippen LogP contribution in [0.5, 0.6) is 0 Å². The van der Waals surface area contributed by atoms with E-state index in [2.05, 4.69) is 39.1 Å². The van der Waals surface area contributed by atoms with Gasteiger partial charge in [-0.2, -0.15) is 0 Å². The molecule has 1 aliphatic heterocycles. The van der Waals surface area contributed by atoms with Crippen molar-refractivity contribution in [1.82, 2.24) is 9.97 Å². The van der Waals surface area contributed by atoms with Crippen LogP contribution in [0.3, 0.4) is 0 Å². The maximum absolute atomic E-state index is 9.49. The van der Waals surface area contributed by atoms with Crippen LogP contribution in [0, 0.1) is 0 Å². The lowest BCUT2D eigenvalue weighted by atomic mass is 10.00. The van der Waals surface area contributed by atoms with Crippen molar-refractivity contribution >= 4 is 17.6 Å². The van der Waals surface area contributed by atoms with E-state index in [1.54, 1.807) is 6.20 Å². The first kappa shape index (κ1) is 13.4. The molecule has 2 heterocycles. The summed E-state index contributed by atoms with van der Waals surface area (Å²) in [6.45, 7) is 1.74. The topological polar surface area (TPSA) is 49.3 Å². The predicted molar refractivity (Wildman–Crippen MR) is 80.9 cm³/mol. The zero-order chi connectivity index (χ0) is 13.9. The highest BCUT2D eigenvalue weighted by atomic mass is 32.2. The second kappa shape index (κ2) is 5.81. The first-order valence-corrected chi connectivity index (χ1v) is 7.87. The number of nitrogens with zero attached hydrogens (tertiary/aromatic N) is 3. The Bertz CT molecular complexity index is 618. The summed E-state index contributed by atoms with van der Waals surface area (Å²) in [5.41, 5.74) is 3.54. The molecule has 4 nitrogen and oxygen atoms in total. The number of aromatic nitrogens is 2. The number of aliphatic hydroxyl groups excluding tert-OH is 1. The van der Waals surface area contributed by atoms with E-state index in [4.69, 9.17) is 0 Å². The predicted octanol–water partition coefficient (Wildman–Crippen LogP) is 2.25. The van der Waals surface area contributed by atoms with Crippen LogP contribution < -0.4 is 4.90 Å². The van der Waals surface area contributed by atoms with Gasteiger partial charge in [0.15, 0.2) is 5.16 Å². The van der Waals surface area contributed by atoms with Gasteiger partial charge in [0.2, 0.25) is 0 Å². The molecule has 2 aromatic rings. The lowest BCUT2D eigenvalue weighted by molar-refractivity contribution is 0.280.